The second-order valence-corrected chi connectivity index (χ2v) is 32.6. The highest BCUT2D eigenvalue weighted by atomic mass is 16.5. The number of aryl methyl sites for hydroxylation is 3. The summed E-state index contributed by atoms with van der Waals surface area (Å²) in [4.78, 5) is 18.9. The van der Waals surface area contributed by atoms with Gasteiger partial charge in [0, 0.05) is 70.0 Å². The highest BCUT2D eigenvalue weighted by Gasteiger charge is 2.30. The number of hydrogen-bond acceptors (Lipinski definition) is 7. The minimum Gasteiger partial charge on any atom is -0.507 e. The van der Waals surface area contributed by atoms with Crippen molar-refractivity contribution < 1.29 is 24.8 Å². The zero-order valence-electron chi connectivity index (χ0n) is 61.8. The molecular formula is C93H94N4O5. The van der Waals surface area contributed by atoms with E-state index in [4.69, 9.17) is 19.4 Å². The van der Waals surface area contributed by atoms with E-state index in [0.29, 0.717) is 37.2 Å². The first-order valence-corrected chi connectivity index (χ1v) is 35.9. The first-order chi connectivity index (χ1) is 48.5. The maximum Gasteiger partial charge on any atom is 0.126 e. The van der Waals surface area contributed by atoms with E-state index in [0.717, 1.165) is 156 Å². The number of fused-ring (bicyclic) bond motifs is 16. The van der Waals surface area contributed by atoms with Crippen LogP contribution in [0.4, 0.5) is 0 Å². The molecule has 8 aromatic carbocycles. The summed E-state index contributed by atoms with van der Waals surface area (Å²) in [7, 11) is 0. The van der Waals surface area contributed by atoms with Crippen molar-refractivity contribution in [1.29, 1.82) is 0 Å². The first-order valence-electron chi connectivity index (χ1n) is 35.9. The van der Waals surface area contributed by atoms with Crippen LogP contribution in [-0.4, -0.2) is 48.5 Å². The van der Waals surface area contributed by atoms with Crippen molar-refractivity contribution >= 4 is 46.4 Å². The lowest BCUT2D eigenvalue weighted by Crippen LogP contribution is -2.17. The molecule has 0 fully saturated rings. The van der Waals surface area contributed by atoms with Crippen LogP contribution in [0.15, 0.2) is 170 Å². The Hall–Kier alpha value is -10.6. The van der Waals surface area contributed by atoms with E-state index in [1.807, 2.05) is 12.1 Å². The second kappa shape index (κ2) is 26.4. The van der Waals surface area contributed by atoms with Crippen LogP contribution in [0.3, 0.4) is 0 Å². The van der Waals surface area contributed by atoms with Crippen molar-refractivity contribution in [2.75, 3.05) is 13.2 Å². The summed E-state index contributed by atoms with van der Waals surface area (Å²) in [5.74, 6) is 1.96. The van der Waals surface area contributed by atoms with Gasteiger partial charge in [-0.25, -0.2) is 9.97 Å². The van der Waals surface area contributed by atoms with Crippen LogP contribution in [0.1, 0.15) is 189 Å². The topological polar surface area (TPSA) is 137 Å². The molecule has 0 saturated heterocycles. The highest BCUT2D eigenvalue weighted by Crippen LogP contribution is 2.46. The smallest absolute Gasteiger partial charge is 0.126 e. The number of aromatic nitrogens is 4. The van der Waals surface area contributed by atoms with Gasteiger partial charge in [0.05, 0.1) is 22.8 Å². The molecule has 14 rings (SSSR count). The fourth-order valence-corrected chi connectivity index (χ4v) is 14.4. The van der Waals surface area contributed by atoms with E-state index in [2.05, 4.69) is 296 Å². The molecule has 1 aliphatic carbocycles. The molecule has 102 heavy (non-hydrogen) atoms. The third-order valence-electron chi connectivity index (χ3n) is 20.5. The molecule has 0 saturated carbocycles. The number of H-pyrrole nitrogens is 2. The fourth-order valence-electron chi connectivity index (χ4n) is 14.4. The molecule has 3 aromatic heterocycles. The van der Waals surface area contributed by atoms with Crippen LogP contribution < -0.4 is 9.47 Å². The van der Waals surface area contributed by atoms with Crippen LogP contribution in [0, 0.1) is 20.8 Å². The number of phenolic OH excluding ortho intramolecular Hbond substituents is 3. The number of benzene rings is 8. The molecule has 9 heteroatoms. The number of rotatable bonds is 9. The van der Waals surface area contributed by atoms with E-state index >= 15 is 0 Å². The lowest BCUT2D eigenvalue weighted by Gasteiger charge is -2.27. The monoisotopic (exact) mass is 1350 g/mol. The molecule has 11 aromatic rings. The molecule has 16 bridgehead atoms. The summed E-state index contributed by atoms with van der Waals surface area (Å²) in [5.41, 5.74) is 28.2. The second-order valence-electron chi connectivity index (χ2n) is 32.6. The molecule has 3 aliphatic rings. The summed E-state index contributed by atoms with van der Waals surface area (Å²) in [6.07, 6.45) is 9.88. The number of nitrogens with zero attached hydrogens (tertiary/aromatic N) is 2. The van der Waals surface area contributed by atoms with Gasteiger partial charge in [-0.15, -0.1) is 0 Å². The quantitative estimate of drug-likeness (QED) is 0.0908. The van der Waals surface area contributed by atoms with Gasteiger partial charge in [0.1, 0.15) is 42.0 Å². The Morgan fingerprint density at radius 1 is 0.314 bits per heavy atom. The number of aromatic hydroxyl groups is 3. The lowest BCUT2D eigenvalue weighted by molar-refractivity contribution is 0.215. The molecule has 9 nitrogen and oxygen atoms in total. The van der Waals surface area contributed by atoms with Gasteiger partial charge in [-0.05, 0) is 192 Å². The van der Waals surface area contributed by atoms with Gasteiger partial charge in [-0.3, -0.25) is 0 Å². The minimum absolute atomic E-state index is 0.181. The van der Waals surface area contributed by atoms with Crippen molar-refractivity contribution in [3.63, 3.8) is 0 Å². The zero-order chi connectivity index (χ0) is 71.9. The van der Waals surface area contributed by atoms with E-state index in [9.17, 15) is 15.3 Å². The number of ether oxygens (including phenoxy) is 2. The Balaban J connectivity index is 0.868. The Bertz CT molecular complexity index is 5180. The fraction of sp³-hybridized carbons (Fsp3) is 0.269. The summed E-state index contributed by atoms with van der Waals surface area (Å²) in [6, 6.07) is 60.1. The van der Waals surface area contributed by atoms with Crippen molar-refractivity contribution in [2.45, 2.75) is 151 Å². The van der Waals surface area contributed by atoms with Gasteiger partial charge in [0.2, 0.25) is 0 Å². The third-order valence-corrected chi connectivity index (χ3v) is 20.5. The number of nitrogens with one attached hydrogen (secondary N) is 2. The Morgan fingerprint density at radius 2 is 0.549 bits per heavy atom. The van der Waals surface area contributed by atoms with E-state index in [1.165, 1.54) is 16.7 Å². The molecule has 5 N–H and O–H groups in total. The summed E-state index contributed by atoms with van der Waals surface area (Å²) in [6.45, 7) is 33.2. The van der Waals surface area contributed by atoms with Gasteiger partial charge >= 0.3 is 0 Å². The molecule has 0 spiro atoms. The van der Waals surface area contributed by atoms with Crippen LogP contribution >= 0.6 is 0 Å². The van der Waals surface area contributed by atoms with Crippen LogP contribution in [0.2, 0.25) is 0 Å². The van der Waals surface area contributed by atoms with Gasteiger partial charge in [-0.1, -0.05) is 233 Å². The van der Waals surface area contributed by atoms with Crippen molar-refractivity contribution in [1.82, 2.24) is 19.9 Å². The van der Waals surface area contributed by atoms with Gasteiger partial charge in [-0.2, -0.15) is 0 Å². The standard InChI is InChI=1S/C93H94N4O5/c1-54-16-22-57(23-17-54)82-74-32-34-76(94-74)83(58-24-18-55(2)19-25-58)78-36-38-80(96-78)85(81-39-37-79(97-81)84(77-35-33-75(82)95-77)59-26-20-56(3)21-27-59)60-28-30-73(31-29-60)101-40-41-102-89-67-44-65-50-70(91(7,8)9)48-63(87(65)99)42-61-46-69(90(4,5)6)47-62(86(61)98)43-64-49-71(92(10,11)12)51-66(88(64)100)45-68(89)53-72(52-67)93(13,14)15/h16-39,46-53,94,97-100H,40-45H2,1-15H3. The van der Waals surface area contributed by atoms with Crippen LogP contribution in [0.5, 0.6) is 28.7 Å². The van der Waals surface area contributed by atoms with Crippen molar-refractivity contribution in [3.8, 4) is 73.3 Å². The van der Waals surface area contributed by atoms with E-state index < -0.39 is 0 Å². The predicted molar refractivity (Wildman–Crippen MR) is 423 cm³/mol. The van der Waals surface area contributed by atoms with Crippen molar-refractivity contribution in [3.05, 3.63) is 276 Å². The average molecular weight is 1350 g/mol. The molecule has 0 amide bonds. The first kappa shape index (κ1) is 68.5. The zero-order valence-corrected chi connectivity index (χ0v) is 61.8. The summed E-state index contributed by atoms with van der Waals surface area (Å²) >= 11 is 0. The van der Waals surface area contributed by atoms with Crippen molar-refractivity contribution in [2.24, 2.45) is 0 Å². The third kappa shape index (κ3) is 13.9. The maximum absolute atomic E-state index is 12.7. The van der Waals surface area contributed by atoms with Gasteiger partial charge < -0.3 is 34.8 Å². The molecular weight excluding hydrogens is 1250 g/mol. The highest BCUT2D eigenvalue weighted by molar-refractivity contribution is 6.00. The largest absolute Gasteiger partial charge is 0.507 e. The molecule has 0 unspecified atom stereocenters. The Morgan fingerprint density at radius 3 is 0.814 bits per heavy atom. The van der Waals surface area contributed by atoms with E-state index in [1.54, 1.807) is 0 Å². The SMILES string of the molecule is Cc1ccc(-c2c3nc(c(-c4ccc(C)cc4)c4ccc([nH]4)c(-c4ccc(OCCOc5c6cc(C(C)(C)C)cc5Cc5cc(C(C)(C)C)cc(c5O)Cc5cc(C(C)(C)C)cc(c5O)Cc5cc(C(C)(C)C)cc(c5O)C6)cc4)c4nc(c(-c5ccc(C)cc5)c5ccc2[nH]5)C=C4)C=C3)cc1. The number of hydrogen-bond donors (Lipinski definition) is 5. The average Bonchev–Trinajstić information content (AvgIpc) is 1.58. The Kier molecular flexibility index (Phi) is 17.7. The van der Waals surface area contributed by atoms with Gasteiger partial charge in [0.25, 0.3) is 0 Å². The minimum atomic E-state index is -0.270. The summed E-state index contributed by atoms with van der Waals surface area (Å²) in [5, 5.41) is 37.8. The number of aromatic amines is 2. The Labute approximate surface area is 601 Å². The maximum atomic E-state index is 12.7. The molecule has 516 valence electrons. The molecule has 0 radical (unpaired) electrons. The van der Waals surface area contributed by atoms with Gasteiger partial charge in [0.15, 0.2) is 0 Å². The number of phenols is 3. The van der Waals surface area contributed by atoms with Crippen LogP contribution in [-0.2, 0) is 47.3 Å². The molecule has 2 aliphatic heterocycles. The summed E-state index contributed by atoms with van der Waals surface area (Å²) < 4.78 is 13.9. The lowest BCUT2D eigenvalue weighted by atomic mass is 9.79. The molecule has 5 heterocycles. The van der Waals surface area contributed by atoms with E-state index in [-0.39, 0.29) is 52.1 Å². The normalized spacial score (nSPS) is 13.2. The van der Waals surface area contributed by atoms with Crippen LogP contribution in [0.25, 0.3) is 90.9 Å². The molecule has 0 atom stereocenters. The predicted octanol–water partition coefficient (Wildman–Crippen LogP) is 22.7.